The van der Waals surface area contributed by atoms with E-state index in [0.29, 0.717) is 41.1 Å². The molecule has 3 rings (SSSR count). The van der Waals surface area contributed by atoms with Crippen LogP contribution in [-0.4, -0.2) is 34.7 Å². The lowest BCUT2D eigenvalue weighted by atomic mass is 10.2. The average molecular weight is 450 g/mol. The van der Waals surface area contributed by atoms with E-state index in [1.807, 2.05) is 31.2 Å². The summed E-state index contributed by atoms with van der Waals surface area (Å²) in [6.45, 7) is 2.68. The van der Waals surface area contributed by atoms with Crippen LogP contribution in [0.5, 0.6) is 11.5 Å². The van der Waals surface area contributed by atoms with Crippen molar-refractivity contribution in [2.45, 2.75) is 26.5 Å². The van der Waals surface area contributed by atoms with Gasteiger partial charge in [-0.2, -0.15) is 0 Å². The van der Waals surface area contributed by atoms with Crippen molar-refractivity contribution in [3.63, 3.8) is 0 Å². The first-order valence-corrected chi connectivity index (χ1v) is 10.1. The van der Waals surface area contributed by atoms with E-state index in [4.69, 9.17) is 37.4 Å². The second-order valence-corrected chi connectivity index (χ2v) is 7.21. The van der Waals surface area contributed by atoms with Crippen LogP contribution in [0.1, 0.15) is 35.1 Å². The molecule has 0 spiro atoms. The van der Waals surface area contributed by atoms with E-state index in [9.17, 15) is 4.79 Å². The maximum Gasteiger partial charge on any atom is 0.360 e. The minimum atomic E-state index is -0.537. The number of ether oxygens (including phenoxy) is 3. The minimum Gasteiger partial charge on any atom is -0.497 e. The summed E-state index contributed by atoms with van der Waals surface area (Å²) in [5.74, 6) is 0.726. The highest BCUT2D eigenvalue weighted by atomic mass is 35.5. The molecule has 0 aliphatic rings. The molecule has 0 saturated heterocycles. The van der Waals surface area contributed by atoms with Crippen molar-refractivity contribution in [1.29, 1.82) is 0 Å². The van der Waals surface area contributed by atoms with Gasteiger partial charge in [0.15, 0.2) is 5.69 Å². The zero-order chi connectivity index (χ0) is 21.5. The molecule has 0 radical (unpaired) electrons. The molecule has 9 heteroatoms. The van der Waals surface area contributed by atoms with Crippen LogP contribution in [0.4, 0.5) is 0 Å². The predicted octanol–water partition coefficient (Wildman–Crippen LogP) is 4.79. The molecule has 1 heterocycles. The Morgan fingerprint density at radius 3 is 2.47 bits per heavy atom. The van der Waals surface area contributed by atoms with E-state index in [2.05, 4.69) is 10.3 Å². The summed E-state index contributed by atoms with van der Waals surface area (Å²) in [5.41, 5.74) is 1.58. The number of hydrogen-bond donors (Lipinski definition) is 0. The van der Waals surface area contributed by atoms with Gasteiger partial charge < -0.3 is 14.2 Å². The molecule has 0 saturated carbocycles. The highest BCUT2D eigenvalue weighted by Gasteiger charge is 2.22. The molecule has 0 bridgehead atoms. The molecule has 7 nitrogen and oxygen atoms in total. The van der Waals surface area contributed by atoms with Gasteiger partial charge in [-0.1, -0.05) is 47.5 Å². The molecule has 158 valence electrons. The lowest BCUT2D eigenvalue weighted by molar-refractivity contribution is 0.0494. The van der Waals surface area contributed by atoms with E-state index in [1.165, 1.54) is 0 Å². The molecular weight excluding hydrogens is 429 g/mol. The third-order valence-electron chi connectivity index (χ3n) is 4.23. The van der Waals surface area contributed by atoms with Crippen LogP contribution in [0.3, 0.4) is 0 Å². The van der Waals surface area contributed by atoms with Crippen molar-refractivity contribution in [1.82, 2.24) is 15.0 Å². The van der Waals surface area contributed by atoms with Gasteiger partial charge in [-0.25, -0.2) is 9.48 Å². The lowest BCUT2D eigenvalue weighted by Gasteiger charge is -2.11. The Hall–Kier alpha value is -2.77. The Morgan fingerprint density at radius 1 is 1.07 bits per heavy atom. The number of halogens is 2. The van der Waals surface area contributed by atoms with Gasteiger partial charge in [-0.3, -0.25) is 0 Å². The van der Waals surface area contributed by atoms with E-state index < -0.39 is 5.97 Å². The second kappa shape index (κ2) is 10.3. The highest BCUT2D eigenvalue weighted by Crippen LogP contribution is 2.27. The second-order valence-electron chi connectivity index (χ2n) is 6.39. The first-order chi connectivity index (χ1) is 14.5. The van der Waals surface area contributed by atoms with Crippen LogP contribution in [0.2, 0.25) is 10.0 Å². The largest absolute Gasteiger partial charge is 0.497 e. The molecule has 30 heavy (non-hydrogen) atoms. The first-order valence-electron chi connectivity index (χ1n) is 9.32. The topological polar surface area (TPSA) is 75.5 Å². The van der Waals surface area contributed by atoms with Crippen LogP contribution in [-0.2, 0) is 17.9 Å². The molecule has 2 aromatic carbocycles. The number of rotatable bonds is 9. The van der Waals surface area contributed by atoms with Gasteiger partial charge in [0, 0.05) is 6.07 Å². The predicted molar refractivity (Wildman–Crippen MR) is 113 cm³/mol. The zero-order valence-corrected chi connectivity index (χ0v) is 18.1. The van der Waals surface area contributed by atoms with E-state index in [0.717, 1.165) is 11.3 Å². The van der Waals surface area contributed by atoms with Gasteiger partial charge in [0.05, 0.1) is 30.3 Å². The summed E-state index contributed by atoms with van der Waals surface area (Å²) in [4.78, 5) is 12.4. The van der Waals surface area contributed by atoms with Gasteiger partial charge in [0.2, 0.25) is 0 Å². The fourth-order valence-corrected chi connectivity index (χ4v) is 2.93. The Labute approximate surface area is 184 Å². The Morgan fingerprint density at radius 2 is 1.80 bits per heavy atom. The van der Waals surface area contributed by atoms with Crippen molar-refractivity contribution in [3.8, 4) is 11.5 Å². The number of carbonyl (C=O) groups is 1. The third-order valence-corrected chi connectivity index (χ3v) is 4.97. The van der Waals surface area contributed by atoms with Crippen LogP contribution in [0.15, 0.2) is 42.5 Å². The van der Waals surface area contributed by atoms with Gasteiger partial charge >= 0.3 is 5.97 Å². The number of aromatic nitrogens is 3. The van der Waals surface area contributed by atoms with E-state index in [-0.39, 0.29) is 12.3 Å². The molecule has 0 atom stereocenters. The molecule has 1 aromatic heterocycles. The van der Waals surface area contributed by atoms with Gasteiger partial charge in [-0.05, 0) is 36.2 Å². The minimum absolute atomic E-state index is 0.0532. The first kappa shape index (κ1) is 21.9. The van der Waals surface area contributed by atoms with Gasteiger partial charge in [-0.15, -0.1) is 5.10 Å². The number of nitrogens with zero attached hydrogens (tertiary/aromatic N) is 3. The Kier molecular flexibility index (Phi) is 7.54. The fraction of sp³-hybridized carbons (Fsp3) is 0.286. The molecule has 0 N–H and O–H groups in total. The summed E-state index contributed by atoms with van der Waals surface area (Å²) < 4.78 is 17.9. The number of methoxy groups -OCH3 is 1. The van der Waals surface area contributed by atoms with Crippen LogP contribution >= 0.6 is 23.2 Å². The van der Waals surface area contributed by atoms with Crippen molar-refractivity contribution in [2.24, 2.45) is 0 Å². The van der Waals surface area contributed by atoms with Crippen molar-refractivity contribution < 1.29 is 19.0 Å². The molecule has 3 aromatic rings. The molecular formula is C21H21Cl2N3O4. The summed E-state index contributed by atoms with van der Waals surface area (Å²) in [6.07, 6.45) is 0.709. The van der Waals surface area contributed by atoms with Crippen LogP contribution < -0.4 is 9.47 Å². The molecule has 0 fully saturated rings. The summed E-state index contributed by atoms with van der Waals surface area (Å²) in [7, 11) is 1.61. The maximum atomic E-state index is 12.4. The van der Waals surface area contributed by atoms with Gasteiger partial charge in [0.25, 0.3) is 0 Å². The van der Waals surface area contributed by atoms with Crippen molar-refractivity contribution >= 4 is 29.2 Å². The highest BCUT2D eigenvalue weighted by molar-refractivity contribution is 6.42. The lowest BCUT2D eigenvalue weighted by Crippen LogP contribution is -2.14. The maximum absolute atomic E-state index is 12.4. The molecule has 0 unspecified atom stereocenters. The average Bonchev–Trinajstić information content (AvgIpc) is 3.15. The van der Waals surface area contributed by atoms with Crippen molar-refractivity contribution in [2.75, 3.05) is 13.7 Å². The van der Waals surface area contributed by atoms with Crippen LogP contribution in [0.25, 0.3) is 0 Å². The SMILES string of the molecule is CCCOC(=O)c1nnn(Cc2ccc(OC)cc2)c1COc1ccc(Cl)c(Cl)c1. The summed E-state index contributed by atoms with van der Waals surface area (Å²) in [6, 6.07) is 12.5. The Balaban J connectivity index is 1.84. The summed E-state index contributed by atoms with van der Waals surface area (Å²) >= 11 is 12.0. The molecule has 0 aliphatic carbocycles. The van der Waals surface area contributed by atoms with E-state index >= 15 is 0 Å². The number of carbonyl (C=O) groups excluding carboxylic acids is 1. The number of esters is 1. The monoisotopic (exact) mass is 449 g/mol. The molecule has 0 aliphatic heterocycles. The Bertz CT molecular complexity index is 1010. The number of benzene rings is 2. The fourth-order valence-electron chi connectivity index (χ4n) is 2.65. The molecule has 0 amide bonds. The smallest absolute Gasteiger partial charge is 0.360 e. The van der Waals surface area contributed by atoms with Crippen LogP contribution in [0, 0.1) is 0 Å². The zero-order valence-electron chi connectivity index (χ0n) is 16.6. The summed E-state index contributed by atoms with van der Waals surface area (Å²) in [5, 5.41) is 8.97. The number of hydrogen-bond acceptors (Lipinski definition) is 6. The van der Waals surface area contributed by atoms with Crippen molar-refractivity contribution in [3.05, 3.63) is 69.5 Å². The standard InChI is InChI=1S/C21H21Cl2N3O4/c1-3-10-29-21(27)20-19(13-30-16-8-9-17(22)18(23)11-16)26(25-24-20)12-14-4-6-15(28-2)7-5-14/h4-9,11H,3,10,12-13H2,1-2H3. The third kappa shape index (κ3) is 5.43. The van der Waals surface area contributed by atoms with E-state index in [1.54, 1.807) is 30.0 Å². The normalized spacial score (nSPS) is 10.7. The quantitative estimate of drug-likeness (QED) is 0.437. The van der Waals surface area contributed by atoms with Gasteiger partial charge in [0.1, 0.15) is 23.8 Å².